The number of aryl methyl sites for hydroxylation is 2. The van der Waals surface area contributed by atoms with Gasteiger partial charge in [0.15, 0.2) is 34.6 Å². The number of rotatable bonds is 9. The standard InChI is InChI=1S/C14H14N2O4.C14H16N2O2.3ClH.Fe.H4N2.H2O/c1-3-10-6-7-11(13(9-10)19-2)20-12-5-4-8-15-14(12)16(17)18;1-3-10-6-7-11(13(9-10)17-2)18-12-5-4-8-16-14(12)15;;;;;1-2;/h4-9H,3H2,1-2H3;4-9H,3H2,1-2H3,(H2,15,16);3*1H;;1-2H2;1H2/q;;;;;+3;;/p-3. The number of nitrogens with two attached hydrogens (primary N) is 3. The number of benzene rings is 2. The zero-order valence-electron chi connectivity index (χ0n) is 24.9. The molecule has 2 aromatic carbocycles. The summed E-state index contributed by atoms with van der Waals surface area (Å²) in [7, 11) is 17.8. The number of nitrogens with zero attached hydrogens (tertiary/aromatic N) is 3. The van der Waals surface area contributed by atoms with Crippen molar-refractivity contribution in [1.82, 2.24) is 9.97 Å². The van der Waals surface area contributed by atoms with E-state index < -0.39 is 16.1 Å². The summed E-state index contributed by atoms with van der Waals surface area (Å²) in [6.07, 6.45) is 4.79. The fourth-order valence-corrected chi connectivity index (χ4v) is 3.36. The van der Waals surface area contributed by atoms with E-state index in [1.165, 1.54) is 24.9 Å². The predicted octanol–water partition coefficient (Wildman–Crippen LogP) is 6.44. The molecule has 0 aliphatic heterocycles. The van der Waals surface area contributed by atoms with Crippen LogP contribution in [-0.4, -0.2) is 34.6 Å². The van der Waals surface area contributed by atoms with Crippen LogP contribution in [0.5, 0.6) is 34.5 Å². The predicted molar refractivity (Wildman–Crippen MR) is 174 cm³/mol. The summed E-state index contributed by atoms with van der Waals surface area (Å²) in [6.45, 7) is 4.12. The topological polar surface area (TPSA) is 215 Å². The average Bonchev–Trinajstić information content (AvgIpc) is 3.03. The molecule has 4 rings (SSSR count). The number of nitrogen functional groups attached to an aromatic ring is 1. The minimum atomic E-state index is -1.33. The number of aromatic nitrogens is 2. The van der Waals surface area contributed by atoms with Crippen molar-refractivity contribution in [1.29, 1.82) is 0 Å². The van der Waals surface area contributed by atoms with E-state index in [1.54, 1.807) is 37.6 Å². The summed E-state index contributed by atoms with van der Waals surface area (Å²) in [5, 5.41) is 10.9. The maximum atomic E-state index is 10.9. The number of anilines is 1. The Morgan fingerprint density at radius 1 is 0.756 bits per heavy atom. The summed E-state index contributed by atoms with van der Waals surface area (Å²) in [5.74, 6) is 10.9. The van der Waals surface area contributed by atoms with Crippen LogP contribution in [-0.2, 0) is 24.0 Å². The van der Waals surface area contributed by atoms with Crippen LogP contribution in [0.15, 0.2) is 73.1 Å². The van der Waals surface area contributed by atoms with E-state index >= 15 is 0 Å². The van der Waals surface area contributed by atoms with Crippen molar-refractivity contribution < 1.29 is 40.5 Å². The number of methoxy groups -OCH3 is 2. The average molecular weight is 731 g/mol. The van der Waals surface area contributed by atoms with Crippen molar-refractivity contribution >= 4 is 41.9 Å². The van der Waals surface area contributed by atoms with Crippen molar-refractivity contribution in [2.24, 2.45) is 11.7 Å². The third-order valence-electron chi connectivity index (χ3n) is 5.44. The van der Waals surface area contributed by atoms with Crippen LogP contribution in [0.1, 0.15) is 25.0 Å². The van der Waals surface area contributed by atoms with Gasteiger partial charge in [-0.15, -0.1) is 0 Å². The molecule has 0 saturated heterocycles. The van der Waals surface area contributed by atoms with E-state index in [1.807, 2.05) is 37.3 Å². The number of halogens is 3. The second-order valence-electron chi connectivity index (χ2n) is 8.00. The van der Waals surface area contributed by atoms with E-state index in [9.17, 15) is 10.1 Å². The van der Waals surface area contributed by atoms with Gasteiger partial charge in [-0.3, -0.25) is 11.7 Å². The molecule has 0 radical (unpaired) electrons. The normalized spacial score (nSPS) is 9.67. The quantitative estimate of drug-likeness (QED) is 0.0737. The number of hydrogen-bond donors (Lipinski definition) is 3. The second kappa shape index (κ2) is 22.8. The first-order valence-corrected chi connectivity index (χ1v) is 17.2. The van der Waals surface area contributed by atoms with Gasteiger partial charge in [0, 0.05) is 6.20 Å². The van der Waals surface area contributed by atoms with Gasteiger partial charge in [-0.25, -0.2) is 4.98 Å². The van der Waals surface area contributed by atoms with Crippen molar-refractivity contribution in [3.05, 3.63) is 94.3 Å². The molecule has 2 aromatic heterocycles. The van der Waals surface area contributed by atoms with Crippen LogP contribution in [0.3, 0.4) is 0 Å². The molecule has 0 saturated carbocycles. The Hall–Kier alpha value is -3.59. The van der Waals surface area contributed by atoms with E-state index in [-0.39, 0.29) is 17.0 Å². The van der Waals surface area contributed by atoms with Gasteiger partial charge >= 0.3 is 47.3 Å². The van der Waals surface area contributed by atoms with Crippen molar-refractivity contribution in [2.75, 3.05) is 20.0 Å². The Bertz CT molecular complexity index is 1450. The molecule has 2 heterocycles. The van der Waals surface area contributed by atoms with E-state index in [4.69, 9.17) is 55.0 Å². The molecule has 0 atom stereocenters. The summed E-state index contributed by atoms with van der Waals surface area (Å²) in [4.78, 5) is 18.0. The Morgan fingerprint density at radius 2 is 1.18 bits per heavy atom. The summed E-state index contributed by atoms with van der Waals surface area (Å²) >= 11 is -1.33. The molecule has 0 unspecified atom stereocenters. The Morgan fingerprint density at radius 3 is 1.58 bits per heavy atom. The van der Waals surface area contributed by atoms with Crippen LogP contribution in [0.25, 0.3) is 0 Å². The molecule has 0 aliphatic carbocycles. The molecule has 13 nitrogen and oxygen atoms in total. The molecule has 0 amide bonds. The van der Waals surface area contributed by atoms with Crippen LogP contribution in [0.4, 0.5) is 11.6 Å². The molecular formula is C28H36Cl3FeN6O7. The van der Waals surface area contributed by atoms with Crippen LogP contribution >= 0.6 is 30.3 Å². The van der Waals surface area contributed by atoms with Gasteiger partial charge in [-0.2, -0.15) is 0 Å². The van der Waals surface area contributed by atoms with Gasteiger partial charge < -0.3 is 40.3 Å². The van der Waals surface area contributed by atoms with Crippen molar-refractivity contribution in [3.8, 4) is 34.5 Å². The number of ether oxygens (including phenoxy) is 4. The van der Waals surface area contributed by atoms with Crippen LogP contribution in [0, 0.1) is 10.1 Å². The van der Waals surface area contributed by atoms with Gasteiger partial charge in [0.25, 0.3) is 0 Å². The van der Waals surface area contributed by atoms with E-state index in [2.05, 4.69) is 28.6 Å². The van der Waals surface area contributed by atoms with E-state index in [0.717, 1.165) is 18.4 Å². The molecular weight excluding hydrogens is 695 g/mol. The zero-order chi connectivity index (χ0) is 33.1. The maximum absolute atomic E-state index is 10.9. The second-order valence-corrected chi connectivity index (χ2v) is 13.5. The monoisotopic (exact) mass is 729 g/mol. The first kappa shape index (κ1) is 41.4. The molecule has 8 N–H and O–H groups in total. The molecule has 45 heavy (non-hydrogen) atoms. The molecule has 17 heteroatoms. The summed E-state index contributed by atoms with van der Waals surface area (Å²) in [5.41, 5.74) is 8.02. The van der Waals surface area contributed by atoms with Crippen LogP contribution in [0.2, 0.25) is 0 Å². The van der Waals surface area contributed by atoms with Gasteiger partial charge in [0.1, 0.15) is 6.20 Å². The van der Waals surface area contributed by atoms with Gasteiger partial charge in [-0.05, 0) is 82.4 Å². The first-order valence-electron chi connectivity index (χ1n) is 12.6. The SMILES string of the molecule is CCc1ccc(Oc2cccnc2N)c(OC)c1.CCc1ccc(Oc2cccnc2[N+](=O)[O-])c(OC)c1.NN.O.[Cl][Fe]([Cl])[Cl]. The zero-order valence-corrected chi connectivity index (χ0v) is 28.2. The molecule has 249 valence electrons. The molecule has 0 aliphatic rings. The van der Waals surface area contributed by atoms with Gasteiger partial charge in [0.2, 0.25) is 5.75 Å². The molecule has 0 bridgehead atoms. The van der Waals surface area contributed by atoms with Gasteiger partial charge in [-0.1, -0.05) is 26.0 Å². The third-order valence-corrected chi connectivity index (χ3v) is 5.44. The Balaban J connectivity index is 0.000000722. The minimum absolute atomic E-state index is 0. The number of hydrazine groups is 1. The third kappa shape index (κ3) is 14.4. The number of nitro groups is 1. The Kier molecular flexibility index (Phi) is 21.0. The fourth-order valence-electron chi connectivity index (χ4n) is 3.36. The summed E-state index contributed by atoms with van der Waals surface area (Å²) in [6, 6.07) is 17.9. The first-order chi connectivity index (χ1) is 21.1. The van der Waals surface area contributed by atoms with Crippen molar-refractivity contribution in [3.63, 3.8) is 0 Å². The van der Waals surface area contributed by atoms with Crippen molar-refractivity contribution in [2.45, 2.75) is 26.7 Å². The molecule has 0 spiro atoms. The Labute approximate surface area is 278 Å². The number of hydrogen-bond acceptors (Lipinski definition) is 11. The fraction of sp³-hybridized carbons (Fsp3) is 0.214. The van der Waals surface area contributed by atoms with Gasteiger partial charge in [0.05, 0.1) is 14.2 Å². The molecule has 0 fully saturated rings. The molecule has 4 aromatic rings. The summed E-state index contributed by atoms with van der Waals surface area (Å²) < 4.78 is 21.8. The van der Waals surface area contributed by atoms with Crippen LogP contribution < -0.4 is 36.4 Å². The van der Waals surface area contributed by atoms with E-state index in [0.29, 0.717) is 34.6 Å². The number of pyridine rings is 2.